The van der Waals surface area contributed by atoms with Crippen LogP contribution >= 0.6 is 11.6 Å². The van der Waals surface area contributed by atoms with Gasteiger partial charge in [0.1, 0.15) is 0 Å². The summed E-state index contributed by atoms with van der Waals surface area (Å²) >= 11 is 5.75. The van der Waals surface area contributed by atoms with E-state index in [2.05, 4.69) is 10.5 Å². The summed E-state index contributed by atoms with van der Waals surface area (Å²) < 4.78 is 0. The molecule has 5 nitrogen and oxygen atoms in total. The molecule has 0 heterocycles. The van der Waals surface area contributed by atoms with E-state index in [4.69, 9.17) is 22.2 Å². The molecule has 0 bridgehead atoms. The van der Waals surface area contributed by atoms with Gasteiger partial charge < -0.3 is 15.9 Å². The standard InChI is InChI=1S/C14H12ClN3O2/c15-10-6-8-11(9-7-10)17-14(19)13(16)18-20-12-4-2-1-3-5-12/h1-9H,(H2,16,18)(H,17,19). The van der Waals surface area contributed by atoms with E-state index < -0.39 is 5.91 Å². The van der Waals surface area contributed by atoms with Gasteiger partial charge in [0.15, 0.2) is 5.75 Å². The third-order valence-corrected chi connectivity index (χ3v) is 2.58. The minimum atomic E-state index is -0.553. The predicted octanol–water partition coefficient (Wildman–Crippen LogP) is 2.63. The number of amidine groups is 1. The van der Waals surface area contributed by atoms with Crippen LogP contribution in [0.25, 0.3) is 0 Å². The Hall–Kier alpha value is -2.53. The van der Waals surface area contributed by atoms with Gasteiger partial charge in [-0.1, -0.05) is 35.0 Å². The maximum absolute atomic E-state index is 11.7. The Balaban J connectivity index is 1.96. The van der Waals surface area contributed by atoms with Crippen LogP contribution in [0.15, 0.2) is 59.8 Å². The van der Waals surface area contributed by atoms with Gasteiger partial charge in [-0.05, 0) is 36.4 Å². The van der Waals surface area contributed by atoms with E-state index in [1.807, 2.05) is 6.07 Å². The fourth-order valence-corrected chi connectivity index (χ4v) is 1.48. The summed E-state index contributed by atoms with van der Waals surface area (Å²) in [7, 11) is 0. The Labute approximate surface area is 121 Å². The van der Waals surface area contributed by atoms with Crippen LogP contribution in [-0.4, -0.2) is 11.7 Å². The van der Waals surface area contributed by atoms with Crippen LogP contribution in [0.2, 0.25) is 5.02 Å². The molecule has 2 aromatic rings. The molecule has 0 aliphatic rings. The lowest BCUT2D eigenvalue weighted by Gasteiger charge is -2.04. The summed E-state index contributed by atoms with van der Waals surface area (Å²) in [4.78, 5) is 16.8. The van der Waals surface area contributed by atoms with Gasteiger partial charge in [0.05, 0.1) is 0 Å². The van der Waals surface area contributed by atoms with Gasteiger partial charge >= 0.3 is 0 Å². The lowest BCUT2D eigenvalue weighted by atomic mass is 10.3. The normalized spacial score (nSPS) is 10.9. The van der Waals surface area contributed by atoms with E-state index in [1.165, 1.54) is 0 Å². The molecule has 3 N–H and O–H groups in total. The number of nitrogens with zero attached hydrogens (tertiary/aromatic N) is 1. The number of amides is 1. The highest BCUT2D eigenvalue weighted by molar-refractivity contribution is 6.41. The van der Waals surface area contributed by atoms with Crippen LogP contribution in [0.3, 0.4) is 0 Å². The lowest BCUT2D eigenvalue weighted by molar-refractivity contribution is -0.110. The van der Waals surface area contributed by atoms with Gasteiger partial charge in [-0.25, -0.2) is 0 Å². The van der Waals surface area contributed by atoms with Crippen LogP contribution < -0.4 is 15.9 Å². The summed E-state index contributed by atoms with van der Waals surface area (Å²) in [6.07, 6.45) is 0. The first-order valence-electron chi connectivity index (χ1n) is 5.77. The van der Waals surface area contributed by atoms with E-state index in [0.29, 0.717) is 16.5 Å². The molecular formula is C14H12ClN3O2. The Bertz CT molecular complexity index is 612. The fourth-order valence-electron chi connectivity index (χ4n) is 1.35. The average Bonchev–Trinajstić information content (AvgIpc) is 2.48. The number of anilines is 1. The van der Waals surface area contributed by atoms with Crippen molar-refractivity contribution >= 4 is 29.0 Å². The molecule has 2 rings (SSSR count). The van der Waals surface area contributed by atoms with Crippen molar-refractivity contribution in [2.75, 3.05) is 5.32 Å². The van der Waals surface area contributed by atoms with E-state index in [9.17, 15) is 4.79 Å². The van der Waals surface area contributed by atoms with E-state index >= 15 is 0 Å². The number of carbonyl (C=O) groups is 1. The number of hydrogen-bond donors (Lipinski definition) is 2. The Morgan fingerprint density at radius 1 is 1.10 bits per heavy atom. The highest BCUT2D eigenvalue weighted by Crippen LogP contribution is 2.13. The molecule has 0 spiro atoms. The number of oxime groups is 1. The van der Waals surface area contributed by atoms with Gasteiger partial charge in [0.2, 0.25) is 5.84 Å². The lowest BCUT2D eigenvalue weighted by Crippen LogP contribution is -2.30. The second kappa shape index (κ2) is 6.58. The molecule has 2 aromatic carbocycles. The molecular weight excluding hydrogens is 278 g/mol. The summed E-state index contributed by atoms with van der Waals surface area (Å²) in [5.74, 6) is -0.332. The number of benzene rings is 2. The number of halogens is 1. The van der Waals surface area contributed by atoms with Gasteiger partial charge in [-0.3, -0.25) is 4.79 Å². The molecule has 102 valence electrons. The van der Waals surface area contributed by atoms with Crippen LogP contribution in [0.5, 0.6) is 5.75 Å². The highest BCUT2D eigenvalue weighted by atomic mass is 35.5. The van der Waals surface area contributed by atoms with E-state index in [1.54, 1.807) is 48.5 Å². The molecule has 1 amide bonds. The molecule has 6 heteroatoms. The number of rotatable bonds is 3. The van der Waals surface area contributed by atoms with Crippen LogP contribution in [0.1, 0.15) is 0 Å². The molecule has 20 heavy (non-hydrogen) atoms. The molecule has 0 aliphatic heterocycles. The molecule has 0 atom stereocenters. The van der Waals surface area contributed by atoms with Gasteiger partial charge in [0.25, 0.3) is 5.91 Å². The van der Waals surface area contributed by atoms with Crippen molar-refractivity contribution in [1.82, 2.24) is 0 Å². The second-order valence-corrected chi connectivity index (χ2v) is 4.28. The molecule has 0 aromatic heterocycles. The van der Waals surface area contributed by atoms with Crippen LogP contribution in [0, 0.1) is 0 Å². The number of para-hydroxylation sites is 1. The van der Waals surface area contributed by atoms with Gasteiger partial charge in [-0.2, -0.15) is 0 Å². The molecule has 0 fully saturated rings. The van der Waals surface area contributed by atoms with Crippen molar-refractivity contribution in [3.8, 4) is 5.75 Å². The first-order chi connectivity index (χ1) is 9.65. The Kier molecular flexibility index (Phi) is 4.57. The summed E-state index contributed by atoms with van der Waals surface area (Å²) in [6.45, 7) is 0. The van der Waals surface area contributed by atoms with Crippen LogP contribution in [0.4, 0.5) is 5.69 Å². The minimum absolute atomic E-state index is 0.274. The Morgan fingerprint density at radius 3 is 2.40 bits per heavy atom. The quantitative estimate of drug-likeness (QED) is 0.518. The SMILES string of the molecule is NC(=NOc1ccccc1)C(=O)Nc1ccc(Cl)cc1. The predicted molar refractivity (Wildman–Crippen MR) is 78.8 cm³/mol. The van der Waals surface area contributed by atoms with Crippen molar-refractivity contribution in [2.45, 2.75) is 0 Å². The number of nitrogens with two attached hydrogens (primary N) is 1. The molecule has 0 aliphatic carbocycles. The highest BCUT2D eigenvalue weighted by Gasteiger charge is 2.08. The number of hydrogen-bond acceptors (Lipinski definition) is 3. The largest absolute Gasteiger partial charge is 0.376 e. The Morgan fingerprint density at radius 2 is 1.75 bits per heavy atom. The maximum atomic E-state index is 11.7. The fraction of sp³-hybridized carbons (Fsp3) is 0. The zero-order valence-electron chi connectivity index (χ0n) is 10.4. The van der Waals surface area contributed by atoms with Gasteiger partial charge in [-0.15, -0.1) is 0 Å². The first-order valence-corrected chi connectivity index (χ1v) is 6.15. The average molecular weight is 290 g/mol. The summed E-state index contributed by atoms with van der Waals surface area (Å²) in [5.41, 5.74) is 6.10. The third kappa shape index (κ3) is 4.00. The molecule has 0 radical (unpaired) electrons. The van der Waals surface area contributed by atoms with Crippen molar-refractivity contribution in [2.24, 2.45) is 10.9 Å². The maximum Gasteiger partial charge on any atom is 0.294 e. The third-order valence-electron chi connectivity index (χ3n) is 2.33. The monoisotopic (exact) mass is 289 g/mol. The zero-order valence-corrected chi connectivity index (χ0v) is 11.2. The number of nitrogens with one attached hydrogen (secondary N) is 1. The summed E-state index contributed by atoms with van der Waals surface area (Å²) in [6, 6.07) is 15.5. The van der Waals surface area contributed by atoms with Crippen molar-refractivity contribution in [1.29, 1.82) is 0 Å². The van der Waals surface area contributed by atoms with Crippen molar-refractivity contribution in [3.63, 3.8) is 0 Å². The number of carbonyl (C=O) groups excluding carboxylic acids is 1. The topological polar surface area (TPSA) is 76.7 Å². The summed E-state index contributed by atoms with van der Waals surface area (Å²) in [5, 5.41) is 6.72. The minimum Gasteiger partial charge on any atom is -0.376 e. The van der Waals surface area contributed by atoms with Crippen molar-refractivity contribution < 1.29 is 9.63 Å². The molecule has 0 saturated heterocycles. The molecule has 0 saturated carbocycles. The smallest absolute Gasteiger partial charge is 0.294 e. The van der Waals surface area contributed by atoms with E-state index in [0.717, 1.165) is 0 Å². The molecule has 0 unspecified atom stereocenters. The van der Waals surface area contributed by atoms with Crippen LogP contribution in [-0.2, 0) is 4.79 Å². The first kappa shape index (κ1) is 13.9. The second-order valence-electron chi connectivity index (χ2n) is 3.84. The van der Waals surface area contributed by atoms with Gasteiger partial charge in [0, 0.05) is 10.7 Å². The van der Waals surface area contributed by atoms with E-state index in [-0.39, 0.29) is 5.84 Å². The van der Waals surface area contributed by atoms with Crippen molar-refractivity contribution in [3.05, 3.63) is 59.6 Å². The zero-order chi connectivity index (χ0) is 14.4.